The van der Waals surface area contributed by atoms with Crippen molar-refractivity contribution in [2.75, 3.05) is 10.2 Å². The third kappa shape index (κ3) is 5.57. The molecule has 8 nitrogen and oxygen atoms in total. The van der Waals surface area contributed by atoms with Gasteiger partial charge in [-0.2, -0.15) is 0 Å². The predicted octanol–water partition coefficient (Wildman–Crippen LogP) is 5.85. The molecule has 0 spiro atoms. The number of hydrogen-bond acceptors (Lipinski definition) is 5. The molecule has 192 valence electrons. The van der Waals surface area contributed by atoms with E-state index in [0.29, 0.717) is 27.4 Å². The van der Waals surface area contributed by atoms with E-state index in [9.17, 15) is 24.3 Å². The zero-order valence-electron chi connectivity index (χ0n) is 19.2. The van der Waals surface area contributed by atoms with E-state index in [4.69, 9.17) is 39.9 Å². The minimum Gasteiger partial charge on any atom is -0.507 e. The lowest BCUT2D eigenvalue weighted by Gasteiger charge is -2.25. The molecule has 0 aromatic heterocycles. The van der Waals surface area contributed by atoms with Crippen LogP contribution < -0.4 is 10.2 Å². The summed E-state index contributed by atoms with van der Waals surface area (Å²) in [6.07, 6.45) is 1.44. The average Bonchev–Trinajstić information content (AvgIpc) is 3.14. The number of Topliss-reactive ketones (excluding diaryl/α,β-unsaturated/α-hetero) is 1. The number of aliphatic hydroxyl groups is 1. The summed E-state index contributed by atoms with van der Waals surface area (Å²) in [5.41, 5.74) is 0.754. The standard InChI is InChI=1S/C27H17Cl3N2O6/c28-16-7-4-14(5-8-16)24-23(26(37)27(38)32(24)18-3-1-2-17(29)13-18)25(36)15-6-9-19(30)20(12-15)31-21(33)10-11-22(34)35/h1-13,24,36H,(H,31,33)(H,34,35). The lowest BCUT2D eigenvalue weighted by atomic mass is 9.95. The molecule has 0 saturated carbocycles. The van der Waals surface area contributed by atoms with Crippen LogP contribution in [0.3, 0.4) is 0 Å². The van der Waals surface area contributed by atoms with Crippen LogP contribution in [-0.4, -0.2) is 33.8 Å². The normalized spacial score (nSPS) is 16.7. The van der Waals surface area contributed by atoms with Gasteiger partial charge in [-0.1, -0.05) is 53.0 Å². The molecule has 1 unspecified atom stereocenters. The van der Waals surface area contributed by atoms with Crippen LogP contribution in [0.1, 0.15) is 17.2 Å². The number of nitrogens with one attached hydrogen (secondary N) is 1. The number of carboxylic acids is 1. The van der Waals surface area contributed by atoms with Crippen LogP contribution in [0.25, 0.3) is 5.76 Å². The fraction of sp³-hybridized carbons (Fsp3) is 0.0370. The Morgan fingerprint density at radius 3 is 2.24 bits per heavy atom. The Kier molecular flexibility index (Phi) is 7.87. The number of benzene rings is 3. The third-order valence-corrected chi connectivity index (χ3v) is 6.41. The van der Waals surface area contributed by atoms with Gasteiger partial charge in [0.15, 0.2) is 0 Å². The maximum atomic E-state index is 13.3. The predicted molar refractivity (Wildman–Crippen MR) is 145 cm³/mol. The molecule has 3 N–H and O–H groups in total. The van der Waals surface area contributed by atoms with E-state index in [0.717, 1.165) is 6.08 Å². The van der Waals surface area contributed by atoms with Gasteiger partial charge >= 0.3 is 5.97 Å². The number of hydrogen-bond donors (Lipinski definition) is 3. The smallest absolute Gasteiger partial charge is 0.328 e. The summed E-state index contributed by atoms with van der Waals surface area (Å²) < 4.78 is 0. The van der Waals surface area contributed by atoms with E-state index in [1.807, 2.05) is 0 Å². The molecule has 2 amide bonds. The second kappa shape index (κ2) is 11.1. The number of nitrogens with zero attached hydrogens (tertiary/aromatic N) is 1. The van der Waals surface area contributed by atoms with Crippen molar-refractivity contribution in [3.8, 4) is 0 Å². The Morgan fingerprint density at radius 1 is 0.868 bits per heavy atom. The minimum absolute atomic E-state index is 0.0443. The van der Waals surface area contributed by atoms with Crippen molar-refractivity contribution >= 4 is 75.5 Å². The molecule has 4 rings (SSSR count). The van der Waals surface area contributed by atoms with Gasteiger partial charge in [0, 0.05) is 33.4 Å². The van der Waals surface area contributed by atoms with Gasteiger partial charge in [0.05, 0.1) is 22.3 Å². The largest absolute Gasteiger partial charge is 0.507 e. The Hall–Kier alpha value is -4.11. The zero-order valence-corrected chi connectivity index (χ0v) is 21.5. The number of aliphatic carboxylic acids is 1. The first-order valence-electron chi connectivity index (χ1n) is 10.9. The topological polar surface area (TPSA) is 124 Å². The molecule has 38 heavy (non-hydrogen) atoms. The Balaban J connectivity index is 1.85. The quantitative estimate of drug-likeness (QED) is 0.194. The second-order valence-corrected chi connectivity index (χ2v) is 9.34. The van der Waals surface area contributed by atoms with E-state index in [2.05, 4.69) is 5.32 Å². The number of halogens is 3. The monoisotopic (exact) mass is 570 g/mol. The SMILES string of the molecule is O=C(O)C=CC(=O)Nc1cc(C(O)=C2C(=O)C(=O)N(c3cccc(Cl)c3)C2c2ccc(Cl)cc2)ccc1Cl. The Bertz CT molecular complexity index is 1530. The van der Waals surface area contributed by atoms with Crippen LogP contribution in [-0.2, 0) is 19.2 Å². The minimum atomic E-state index is -1.32. The Labute approximate surface area is 231 Å². The van der Waals surface area contributed by atoms with Gasteiger partial charge in [0.1, 0.15) is 5.76 Å². The maximum absolute atomic E-state index is 13.3. The summed E-state index contributed by atoms with van der Waals surface area (Å²) in [6, 6.07) is 15.9. The number of rotatable bonds is 6. The molecular weight excluding hydrogens is 555 g/mol. The molecule has 1 heterocycles. The van der Waals surface area contributed by atoms with Crippen LogP contribution >= 0.6 is 34.8 Å². The summed E-state index contributed by atoms with van der Waals surface area (Å²) in [7, 11) is 0. The van der Waals surface area contributed by atoms with Crippen LogP contribution in [0.15, 0.2) is 84.5 Å². The third-order valence-electron chi connectivity index (χ3n) is 5.59. The van der Waals surface area contributed by atoms with Crippen LogP contribution in [0.5, 0.6) is 0 Å². The molecule has 11 heteroatoms. The van der Waals surface area contributed by atoms with E-state index < -0.39 is 35.4 Å². The van der Waals surface area contributed by atoms with Gasteiger partial charge in [-0.15, -0.1) is 0 Å². The number of ketones is 1. The number of aliphatic hydroxyl groups excluding tert-OH is 1. The molecule has 3 aromatic carbocycles. The summed E-state index contributed by atoms with van der Waals surface area (Å²) >= 11 is 18.4. The highest BCUT2D eigenvalue weighted by Crippen LogP contribution is 2.43. The summed E-state index contributed by atoms with van der Waals surface area (Å²) in [5, 5.41) is 23.3. The van der Waals surface area contributed by atoms with Crippen LogP contribution in [0.4, 0.5) is 11.4 Å². The maximum Gasteiger partial charge on any atom is 0.328 e. The zero-order chi connectivity index (χ0) is 27.6. The van der Waals surface area contributed by atoms with E-state index >= 15 is 0 Å². The van der Waals surface area contributed by atoms with Crippen LogP contribution in [0.2, 0.25) is 15.1 Å². The van der Waals surface area contributed by atoms with E-state index in [1.165, 1.54) is 29.2 Å². The lowest BCUT2D eigenvalue weighted by Crippen LogP contribution is -2.29. The molecule has 1 aliphatic heterocycles. The molecular formula is C27H17Cl3N2O6. The average molecular weight is 572 g/mol. The highest BCUT2D eigenvalue weighted by atomic mass is 35.5. The molecule has 0 radical (unpaired) electrons. The van der Waals surface area contributed by atoms with Gasteiger partial charge in [0.2, 0.25) is 5.91 Å². The molecule has 1 atom stereocenters. The first-order chi connectivity index (χ1) is 18.1. The first-order valence-corrected chi connectivity index (χ1v) is 12.0. The molecule has 1 fully saturated rings. The lowest BCUT2D eigenvalue weighted by molar-refractivity contribution is -0.132. The number of carbonyl (C=O) groups excluding carboxylic acids is 3. The van der Waals surface area contributed by atoms with Crippen molar-refractivity contribution in [1.82, 2.24) is 0 Å². The van der Waals surface area contributed by atoms with Crippen LogP contribution in [0, 0.1) is 0 Å². The number of carbonyl (C=O) groups is 4. The number of carboxylic acid groups (broad SMARTS) is 1. The molecule has 3 aromatic rings. The molecule has 1 saturated heterocycles. The highest BCUT2D eigenvalue weighted by Gasteiger charge is 2.47. The highest BCUT2D eigenvalue weighted by molar-refractivity contribution is 6.52. The fourth-order valence-corrected chi connectivity index (χ4v) is 4.41. The number of anilines is 2. The van der Waals surface area contributed by atoms with Crippen molar-refractivity contribution < 1.29 is 29.4 Å². The fourth-order valence-electron chi connectivity index (χ4n) is 3.93. The molecule has 0 aliphatic carbocycles. The van der Waals surface area contributed by atoms with Gasteiger partial charge in [0.25, 0.3) is 11.7 Å². The second-order valence-electron chi connectivity index (χ2n) is 8.06. The summed E-state index contributed by atoms with van der Waals surface area (Å²) in [6.45, 7) is 0. The number of amides is 2. The summed E-state index contributed by atoms with van der Waals surface area (Å²) in [4.78, 5) is 50.5. The van der Waals surface area contributed by atoms with Gasteiger partial charge in [-0.05, 0) is 54.1 Å². The van der Waals surface area contributed by atoms with Gasteiger partial charge in [-0.25, -0.2) is 4.79 Å². The van der Waals surface area contributed by atoms with Crippen molar-refractivity contribution in [1.29, 1.82) is 0 Å². The van der Waals surface area contributed by atoms with E-state index in [1.54, 1.807) is 42.5 Å². The summed E-state index contributed by atoms with van der Waals surface area (Å²) in [5.74, 6) is -4.43. The van der Waals surface area contributed by atoms with Crippen molar-refractivity contribution in [3.05, 3.63) is 111 Å². The molecule has 0 bridgehead atoms. The van der Waals surface area contributed by atoms with Crippen molar-refractivity contribution in [2.24, 2.45) is 0 Å². The van der Waals surface area contributed by atoms with E-state index in [-0.39, 0.29) is 21.8 Å². The molecule has 1 aliphatic rings. The van der Waals surface area contributed by atoms with Gasteiger partial charge < -0.3 is 15.5 Å². The van der Waals surface area contributed by atoms with Crippen molar-refractivity contribution in [3.63, 3.8) is 0 Å². The van der Waals surface area contributed by atoms with Crippen molar-refractivity contribution in [2.45, 2.75) is 6.04 Å². The first kappa shape index (κ1) is 26.9. The Morgan fingerprint density at radius 2 is 1.58 bits per heavy atom. The van der Waals surface area contributed by atoms with Gasteiger partial charge in [-0.3, -0.25) is 19.3 Å².